The minimum absolute atomic E-state index is 0.282. The van der Waals surface area contributed by atoms with Crippen molar-refractivity contribution >= 4 is 31.9 Å². The molecule has 0 spiro atoms. The van der Waals surface area contributed by atoms with Crippen LogP contribution in [0.4, 0.5) is 0 Å². The van der Waals surface area contributed by atoms with Crippen molar-refractivity contribution in [3.63, 3.8) is 0 Å². The Balaban J connectivity index is 1.91. The van der Waals surface area contributed by atoms with Gasteiger partial charge in [0.25, 0.3) is 5.89 Å². The second-order valence-electron chi connectivity index (χ2n) is 4.06. The summed E-state index contributed by atoms with van der Waals surface area (Å²) in [5, 5.41) is 11.8. The van der Waals surface area contributed by atoms with E-state index in [4.69, 9.17) is 10.3 Å². The fourth-order valence-corrected chi connectivity index (χ4v) is 2.81. The van der Waals surface area contributed by atoms with Crippen LogP contribution in [0.2, 0.25) is 0 Å². The van der Waals surface area contributed by atoms with Crippen LogP contribution in [0.15, 0.2) is 31.9 Å². The SMILES string of the molecule is NCCn1cc(-c2nc(-c3ncc(Br)cc3Br)no2)nn1. The summed E-state index contributed by atoms with van der Waals surface area (Å²) in [4.78, 5) is 8.54. The first-order valence-corrected chi connectivity index (χ1v) is 7.51. The van der Waals surface area contributed by atoms with Gasteiger partial charge in [0.15, 0.2) is 5.69 Å². The molecular weight excluding hydrogens is 406 g/mol. The van der Waals surface area contributed by atoms with Crippen LogP contribution in [-0.2, 0) is 6.54 Å². The number of hydrogen-bond donors (Lipinski definition) is 1. The Morgan fingerprint density at radius 1 is 1.33 bits per heavy atom. The van der Waals surface area contributed by atoms with Gasteiger partial charge in [-0.25, -0.2) is 0 Å². The van der Waals surface area contributed by atoms with Gasteiger partial charge in [-0.3, -0.25) is 9.67 Å². The van der Waals surface area contributed by atoms with Crippen molar-refractivity contribution < 1.29 is 4.52 Å². The minimum atomic E-state index is 0.282. The topological polar surface area (TPSA) is 109 Å². The zero-order chi connectivity index (χ0) is 14.8. The quantitative estimate of drug-likeness (QED) is 0.693. The number of pyridine rings is 1. The highest BCUT2D eigenvalue weighted by Crippen LogP contribution is 2.27. The predicted octanol–water partition coefficient (Wildman–Crippen LogP) is 1.87. The second-order valence-corrected chi connectivity index (χ2v) is 5.83. The van der Waals surface area contributed by atoms with Crippen molar-refractivity contribution in [2.75, 3.05) is 6.54 Å². The van der Waals surface area contributed by atoms with E-state index in [2.05, 4.69) is 57.3 Å². The molecule has 0 amide bonds. The van der Waals surface area contributed by atoms with Crippen molar-refractivity contribution in [3.05, 3.63) is 27.4 Å². The molecule has 0 unspecified atom stereocenters. The molecule has 0 saturated heterocycles. The van der Waals surface area contributed by atoms with E-state index in [1.165, 1.54) is 0 Å². The summed E-state index contributed by atoms with van der Waals surface area (Å²) in [6.07, 6.45) is 3.36. The smallest absolute Gasteiger partial charge is 0.280 e. The average Bonchev–Trinajstić information content (AvgIpc) is 3.08. The third-order valence-electron chi connectivity index (χ3n) is 2.56. The first-order chi connectivity index (χ1) is 10.2. The molecule has 0 aliphatic carbocycles. The van der Waals surface area contributed by atoms with Crippen LogP contribution in [0.1, 0.15) is 0 Å². The molecule has 0 atom stereocenters. The van der Waals surface area contributed by atoms with E-state index in [1.54, 1.807) is 17.1 Å². The van der Waals surface area contributed by atoms with Crippen LogP contribution in [0.5, 0.6) is 0 Å². The number of nitrogens with two attached hydrogens (primary N) is 1. The monoisotopic (exact) mass is 413 g/mol. The lowest BCUT2D eigenvalue weighted by atomic mass is 10.3. The second kappa shape index (κ2) is 6.00. The van der Waals surface area contributed by atoms with Gasteiger partial charge in [0.2, 0.25) is 5.82 Å². The van der Waals surface area contributed by atoms with Crippen molar-refractivity contribution in [2.45, 2.75) is 6.54 Å². The molecule has 0 bridgehead atoms. The van der Waals surface area contributed by atoms with Gasteiger partial charge >= 0.3 is 0 Å². The van der Waals surface area contributed by atoms with Gasteiger partial charge < -0.3 is 10.3 Å². The number of nitrogens with zero attached hydrogens (tertiary/aromatic N) is 6. The molecule has 0 aliphatic heterocycles. The molecule has 10 heteroatoms. The maximum absolute atomic E-state index is 5.46. The van der Waals surface area contributed by atoms with Crippen molar-refractivity contribution in [3.8, 4) is 23.1 Å². The van der Waals surface area contributed by atoms with Gasteiger partial charge in [0.1, 0.15) is 5.69 Å². The average molecular weight is 415 g/mol. The minimum Gasteiger partial charge on any atom is -0.332 e. The molecule has 3 aromatic heterocycles. The van der Waals surface area contributed by atoms with Gasteiger partial charge in [-0.2, -0.15) is 4.98 Å². The third-order valence-corrected chi connectivity index (χ3v) is 3.60. The standard InChI is InChI=1S/C11H9Br2N7O/c12-6-3-7(13)9(15-4-6)10-16-11(21-18-10)8-5-20(2-1-14)19-17-8/h3-5H,1-2,14H2. The van der Waals surface area contributed by atoms with Crippen LogP contribution in [0.25, 0.3) is 23.1 Å². The Morgan fingerprint density at radius 2 is 2.19 bits per heavy atom. The van der Waals surface area contributed by atoms with Crippen LogP contribution in [-0.4, -0.2) is 36.7 Å². The maximum Gasteiger partial charge on any atom is 0.280 e. The number of aromatic nitrogens is 6. The van der Waals surface area contributed by atoms with Gasteiger partial charge in [-0.1, -0.05) is 10.4 Å². The summed E-state index contributed by atoms with van der Waals surface area (Å²) >= 11 is 6.75. The van der Waals surface area contributed by atoms with Crippen LogP contribution in [0.3, 0.4) is 0 Å². The molecule has 108 valence electrons. The molecule has 0 saturated carbocycles. The first-order valence-electron chi connectivity index (χ1n) is 5.93. The number of rotatable bonds is 4. The molecule has 3 rings (SSSR count). The van der Waals surface area contributed by atoms with E-state index in [0.717, 1.165) is 8.95 Å². The van der Waals surface area contributed by atoms with E-state index in [1.807, 2.05) is 6.07 Å². The lowest BCUT2D eigenvalue weighted by Crippen LogP contribution is -2.10. The predicted molar refractivity (Wildman–Crippen MR) is 81.0 cm³/mol. The van der Waals surface area contributed by atoms with Crippen LogP contribution < -0.4 is 5.73 Å². The van der Waals surface area contributed by atoms with E-state index >= 15 is 0 Å². The Kier molecular flexibility index (Phi) is 4.08. The molecule has 3 heterocycles. The van der Waals surface area contributed by atoms with Gasteiger partial charge in [0, 0.05) is 21.7 Å². The third kappa shape index (κ3) is 3.01. The molecule has 0 fully saturated rings. The molecule has 2 N–H and O–H groups in total. The van der Waals surface area contributed by atoms with E-state index in [9.17, 15) is 0 Å². The number of hydrogen-bond acceptors (Lipinski definition) is 7. The molecule has 3 aromatic rings. The normalized spacial score (nSPS) is 11.0. The van der Waals surface area contributed by atoms with E-state index in [-0.39, 0.29) is 5.89 Å². The Hall–Kier alpha value is -1.65. The first kappa shape index (κ1) is 14.3. The zero-order valence-corrected chi connectivity index (χ0v) is 13.7. The van der Waals surface area contributed by atoms with Gasteiger partial charge in [-0.05, 0) is 37.9 Å². The summed E-state index contributed by atoms with van der Waals surface area (Å²) in [5.74, 6) is 0.655. The van der Waals surface area contributed by atoms with E-state index in [0.29, 0.717) is 30.3 Å². The van der Waals surface area contributed by atoms with E-state index < -0.39 is 0 Å². The lowest BCUT2D eigenvalue weighted by molar-refractivity contribution is 0.430. The summed E-state index contributed by atoms with van der Waals surface area (Å²) in [6, 6.07) is 1.86. The Bertz CT molecular complexity index is 770. The van der Waals surface area contributed by atoms with Crippen molar-refractivity contribution in [1.82, 2.24) is 30.1 Å². The summed E-state index contributed by atoms with van der Waals surface area (Å²) < 4.78 is 8.43. The Labute approximate surface area is 136 Å². The summed E-state index contributed by atoms with van der Waals surface area (Å²) in [5.41, 5.74) is 6.54. The highest BCUT2D eigenvalue weighted by molar-refractivity contribution is 9.11. The summed E-state index contributed by atoms with van der Waals surface area (Å²) in [6.45, 7) is 1.06. The molecule has 0 aliphatic rings. The molecule has 0 aromatic carbocycles. The van der Waals surface area contributed by atoms with Gasteiger partial charge in [0.05, 0.1) is 12.7 Å². The van der Waals surface area contributed by atoms with Crippen LogP contribution >= 0.6 is 31.9 Å². The van der Waals surface area contributed by atoms with Crippen molar-refractivity contribution in [2.24, 2.45) is 5.73 Å². The summed E-state index contributed by atoms with van der Waals surface area (Å²) in [7, 11) is 0. The fraction of sp³-hybridized carbons (Fsp3) is 0.182. The highest BCUT2D eigenvalue weighted by atomic mass is 79.9. The van der Waals surface area contributed by atoms with Gasteiger partial charge in [-0.15, -0.1) is 5.10 Å². The zero-order valence-electron chi connectivity index (χ0n) is 10.6. The largest absolute Gasteiger partial charge is 0.332 e. The van der Waals surface area contributed by atoms with Crippen molar-refractivity contribution in [1.29, 1.82) is 0 Å². The molecule has 0 radical (unpaired) electrons. The van der Waals surface area contributed by atoms with Crippen LogP contribution in [0, 0.1) is 0 Å². The Morgan fingerprint density at radius 3 is 2.95 bits per heavy atom. The fourth-order valence-electron chi connectivity index (χ4n) is 1.64. The lowest BCUT2D eigenvalue weighted by Gasteiger charge is -1.97. The number of halogens is 2. The molecule has 8 nitrogen and oxygen atoms in total. The molecule has 21 heavy (non-hydrogen) atoms. The highest BCUT2D eigenvalue weighted by Gasteiger charge is 2.16. The molecular formula is C11H9Br2N7O. The maximum atomic E-state index is 5.46.